The van der Waals surface area contributed by atoms with Crippen LogP contribution in [-0.4, -0.2) is 70.7 Å². The summed E-state index contributed by atoms with van der Waals surface area (Å²) >= 11 is 0. The number of carbonyl (C=O) groups excluding carboxylic acids is 1. The van der Waals surface area contributed by atoms with Crippen LogP contribution < -0.4 is 5.32 Å². The van der Waals surface area contributed by atoms with Gasteiger partial charge in [0.2, 0.25) is 5.82 Å². The fraction of sp³-hybridized carbons (Fsp3) is 0.591. The molecule has 29 heavy (non-hydrogen) atoms. The fourth-order valence-electron chi connectivity index (χ4n) is 4.55. The van der Waals surface area contributed by atoms with Crippen LogP contribution in [0.3, 0.4) is 0 Å². The quantitative estimate of drug-likeness (QED) is 0.801. The van der Waals surface area contributed by atoms with Gasteiger partial charge in [0.15, 0.2) is 0 Å². The van der Waals surface area contributed by atoms with Gasteiger partial charge in [-0.3, -0.25) is 9.69 Å². The lowest BCUT2D eigenvalue weighted by Gasteiger charge is -2.25. The number of aromatic nitrogens is 3. The van der Waals surface area contributed by atoms with Crippen LogP contribution in [0.1, 0.15) is 33.1 Å². The van der Waals surface area contributed by atoms with Crippen LogP contribution in [-0.2, 0) is 19.5 Å². The number of aryl methyl sites for hydroxylation is 2. The molecule has 1 amide bonds. The Morgan fingerprint density at radius 1 is 1.14 bits per heavy atom. The Morgan fingerprint density at radius 3 is 2.69 bits per heavy atom. The second kappa shape index (κ2) is 8.24. The van der Waals surface area contributed by atoms with E-state index in [0.717, 1.165) is 45.0 Å². The maximum absolute atomic E-state index is 12.6. The molecule has 2 atom stereocenters. The van der Waals surface area contributed by atoms with Crippen molar-refractivity contribution >= 4 is 5.91 Å². The van der Waals surface area contributed by atoms with Gasteiger partial charge in [-0.2, -0.15) is 0 Å². The molecule has 1 N–H and O–H groups in total. The minimum absolute atomic E-state index is 0.117. The number of carbonyl (C=O) groups is 1. The summed E-state index contributed by atoms with van der Waals surface area (Å²) < 4.78 is 2.05. The van der Waals surface area contributed by atoms with Crippen molar-refractivity contribution in [3.05, 3.63) is 46.5 Å². The summed E-state index contributed by atoms with van der Waals surface area (Å²) in [6.07, 6.45) is 0.909. The Balaban J connectivity index is 1.39. The van der Waals surface area contributed by atoms with E-state index in [4.69, 9.17) is 0 Å². The molecule has 0 aliphatic carbocycles. The molecule has 2 aromatic rings. The van der Waals surface area contributed by atoms with Gasteiger partial charge < -0.3 is 14.8 Å². The molecule has 0 spiro atoms. The number of rotatable bonds is 6. The van der Waals surface area contributed by atoms with E-state index in [2.05, 4.69) is 52.5 Å². The van der Waals surface area contributed by atoms with Gasteiger partial charge in [0.25, 0.3) is 5.91 Å². The minimum Gasteiger partial charge on any atom is -0.348 e. The Kier molecular flexibility index (Phi) is 5.69. The SMILES string of the molecule is Cc1ccc(CN2C[C@@H]3Cn4c(nnc4C(=O)NCCN(C)C)C[C@H]3C2)cc1C. The van der Waals surface area contributed by atoms with Gasteiger partial charge in [-0.15, -0.1) is 10.2 Å². The van der Waals surface area contributed by atoms with Crippen molar-refractivity contribution in [2.24, 2.45) is 11.8 Å². The van der Waals surface area contributed by atoms with Crippen molar-refractivity contribution in [3.8, 4) is 0 Å². The molecule has 7 nitrogen and oxygen atoms in total. The highest BCUT2D eigenvalue weighted by Crippen LogP contribution is 2.33. The van der Waals surface area contributed by atoms with Crippen LogP contribution in [0.5, 0.6) is 0 Å². The van der Waals surface area contributed by atoms with E-state index in [1.165, 1.54) is 16.7 Å². The lowest BCUT2D eigenvalue weighted by Crippen LogP contribution is -2.35. The number of likely N-dealkylation sites (tertiary alicyclic amines) is 1. The number of hydrogen-bond donors (Lipinski definition) is 1. The predicted molar refractivity (Wildman–Crippen MR) is 113 cm³/mol. The largest absolute Gasteiger partial charge is 0.348 e. The molecule has 1 aromatic heterocycles. The third-order valence-corrected chi connectivity index (χ3v) is 6.37. The smallest absolute Gasteiger partial charge is 0.289 e. The van der Waals surface area contributed by atoms with Crippen LogP contribution in [0.2, 0.25) is 0 Å². The van der Waals surface area contributed by atoms with Gasteiger partial charge in [-0.25, -0.2) is 0 Å². The van der Waals surface area contributed by atoms with Crippen molar-refractivity contribution in [3.63, 3.8) is 0 Å². The Hall–Kier alpha value is -2.25. The highest BCUT2D eigenvalue weighted by Gasteiger charge is 2.39. The fourth-order valence-corrected chi connectivity index (χ4v) is 4.55. The molecule has 1 aromatic carbocycles. The maximum Gasteiger partial charge on any atom is 0.289 e. The summed E-state index contributed by atoms with van der Waals surface area (Å²) in [5.41, 5.74) is 4.08. The third kappa shape index (κ3) is 4.36. The summed E-state index contributed by atoms with van der Waals surface area (Å²) in [5.74, 6) is 2.46. The van der Waals surface area contributed by atoms with Crippen molar-refractivity contribution < 1.29 is 4.79 Å². The summed E-state index contributed by atoms with van der Waals surface area (Å²) in [6, 6.07) is 6.77. The summed E-state index contributed by atoms with van der Waals surface area (Å²) in [4.78, 5) is 17.2. The van der Waals surface area contributed by atoms with Crippen LogP contribution in [0.25, 0.3) is 0 Å². The van der Waals surface area contributed by atoms with E-state index in [-0.39, 0.29) is 5.91 Å². The van der Waals surface area contributed by atoms with Crippen LogP contribution in [0, 0.1) is 25.7 Å². The number of benzene rings is 1. The molecule has 0 saturated carbocycles. The molecule has 1 saturated heterocycles. The van der Waals surface area contributed by atoms with Crippen molar-refractivity contribution in [1.29, 1.82) is 0 Å². The van der Waals surface area contributed by atoms with E-state index in [1.54, 1.807) is 0 Å². The summed E-state index contributed by atoms with van der Waals surface area (Å²) in [5, 5.41) is 11.5. The monoisotopic (exact) mass is 396 g/mol. The van der Waals surface area contributed by atoms with E-state index in [9.17, 15) is 4.79 Å². The number of fused-ring (bicyclic) bond motifs is 2. The van der Waals surface area contributed by atoms with Crippen LogP contribution >= 0.6 is 0 Å². The van der Waals surface area contributed by atoms with Gasteiger partial charge in [-0.05, 0) is 56.5 Å². The van der Waals surface area contributed by atoms with Crippen molar-refractivity contribution in [2.45, 2.75) is 33.4 Å². The van der Waals surface area contributed by atoms with Gasteiger partial charge in [0.1, 0.15) is 5.82 Å². The Labute approximate surface area is 173 Å². The van der Waals surface area contributed by atoms with Crippen molar-refractivity contribution in [1.82, 2.24) is 29.9 Å². The third-order valence-electron chi connectivity index (χ3n) is 6.37. The molecule has 0 radical (unpaired) electrons. The van der Waals surface area contributed by atoms with E-state index in [1.807, 2.05) is 23.6 Å². The summed E-state index contributed by atoms with van der Waals surface area (Å²) in [6.45, 7) is 9.76. The van der Waals surface area contributed by atoms with Gasteiger partial charge in [-0.1, -0.05) is 18.2 Å². The minimum atomic E-state index is -0.117. The van der Waals surface area contributed by atoms with Crippen molar-refractivity contribution in [2.75, 3.05) is 40.3 Å². The Morgan fingerprint density at radius 2 is 1.93 bits per heavy atom. The van der Waals surface area contributed by atoms with E-state index < -0.39 is 0 Å². The molecule has 0 bridgehead atoms. The molecule has 4 rings (SSSR count). The second-order valence-corrected chi connectivity index (χ2v) is 8.95. The first-order valence-electron chi connectivity index (χ1n) is 10.5. The molecule has 0 unspecified atom stereocenters. The first-order chi connectivity index (χ1) is 13.9. The Bertz CT molecular complexity index is 889. The second-order valence-electron chi connectivity index (χ2n) is 8.95. The average molecular weight is 397 g/mol. The molecule has 1 fully saturated rings. The zero-order valence-corrected chi connectivity index (χ0v) is 18.0. The number of nitrogens with one attached hydrogen (secondary N) is 1. The molecule has 7 heteroatoms. The first-order valence-corrected chi connectivity index (χ1v) is 10.5. The highest BCUT2D eigenvalue weighted by atomic mass is 16.2. The lowest BCUT2D eigenvalue weighted by molar-refractivity contribution is 0.0932. The van der Waals surface area contributed by atoms with E-state index in [0.29, 0.717) is 24.2 Å². The molecule has 2 aliphatic heterocycles. The molecular weight excluding hydrogens is 364 g/mol. The highest BCUT2D eigenvalue weighted by molar-refractivity contribution is 5.90. The topological polar surface area (TPSA) is 66.3 Å². The van der Waals surface area contributed by atoms with Crippen LogP contribution in [0.4, 0.5) is 0 Å². The zero-order chi connectivity index (χ0) is 20.5. The molecule has 156 valence electrons. The molecule has 2 aliphatic rings. The molecular formula is C22H32N6O. The number of likely N-dealkylation sites (N-methyl/N-ethyl adjacent to an activating group) is 1. The van der Waals surface area contributed by atoms with Gasteiger partial charge >= 0.3 is 0 Å². The predicted octanol–water partition coefficient (Wildman–Crippen LogP) is 1.49. The maximum atomic E-state index is 12.6. The van der Waals surface area contributed by atoms with Gasteiger partial charge in [0.05, 0.1) is 0 Å². The normalized spacial score (nSPS) is 21.3. The van der Waals surface area contributed by atoms with Gasteiger partial charge in [0, 0.05) is 45.7 Å². The number of nitrogens with zero attached hydrogens (tertiary/aromatic N) is 5. The number of amides is 1. The first kappa shape index (κ1) is 20.0. The standard InChI is InChI=1S/C22H32N6O/c1-15-5-6-17(9-16(15)2)11-27-12-18-10-20-24-25-21(28(20)14-19(18)13-27)22(29)23-7-8-26(3)4/h5-6,9,18-19H,7-8,10-14H2,1-4H3,(H,23,29)/t18-,19+/m0/s1. The molecule has 3 heterocycles. The summed E-state index contributed by atoms with van der Waals surface area (Å²) in [7, 11) is 3.99. The average Bonchev–Trinajstić information content (AvgIpc) is 3.25. The van der Waals surface area contributed by atoms with E-state index >= 15 is 0 Å². The zero-order valence-electron chi connectivity index (χ0n) is 18.0. The lowest BCUT2D eigenvalue weighted by atomic mass is 9.89. The van der Waals surface area contributed by atoms with Crippen LogP contribution in [0.15, 0.2) is 18.2 Å². The number of hydrogen-bond acceptors (Lipinski definition) is 5.